The molecule has 1 fully saturated rings. The molecule has 200 valence electrons. The number of nitro groups is 1. The van der Waals surface area contributed by atoms with Gasteiger partial charge in [-0.3, -0.25) is 19.7 Å². The minimum Gasteiger partial charge on any atom is -0.352 e. The normalized spacial score (nSPS) is 15.4. The predicted molar refractivity (Wildman–Crippen MR) is 150 cm³/mol. The number of likely N-dealkylation sites (N-methyl/N-ethyl adjacent to an activating group) is 1. The van der Waals surface area contributed by atoms with Gasteiger partial charge in [0.25, 0.3) is 11.6 Å². The van der Waals surface area contributed by atoms with Crippen LogP contribution in [-0.4, -0.2) is 53.9 Å². The van der Waals surface area contributed by atoms with Gasteiger partial charge >= 0.3 is 0 Å². The van der Waals surface area contributed by atoms with Crippen molar-refractivity contribution < 1.29 is 14.5 Å². The molecular formula is C30H36N4O4. The molecule has 4 rings (SSSR count). The van der Waals surface area contributed by atoms with E-state index in [1.807, 2.05) is 37.3 Å². The van der Waals surface area contributed by atoms with E-state index < -0.39 is 6.04 Å². The largest absolute Gasteiger partial charge is 0.352 e. The third-order valence-electron chi connectivity index (χ3n) is 7.79. The first kappa shape index (κ1) is 27.3. The molecule has 8 heteroatoms. The van der Waals surface area contributed by atoms with Gasteiger partial charge < -0.3 is 15.5 Å². The Kier molecular flexibility index (Phi) is 8.42. The van der Waals surface area contributed by atoms with Crippen molar-refractivity contribution in [3.8, 4) is 11.1 Å². The topological polar surface area (TPSA) is 105 Å². The Balaban J connectivity index is 1.54. The Labute approximate surface area is 223 Å². The van der Waals surface area contributed by atoms with Crippen LogP contribution >= 0.6 is 0 Å². The summed E-state index contributed by atoms with van der Waals surface area (Å²) in [5.74, 6) is -0.560. The van der Waals surface area contributed by atoms with E-state index in [-0.39, 0.29) is 28.0 Å². The van der Waals surface area contributed by atoms with Crippen LogP contribution in [0.15, 0.2) is 60.7 Å². The minimum atomic E-state index is -0.654. The highest BCUT2D eigenvalue weighted by atomic mass is 16.6. The molecule has 3 aromatic carbocycles. The molecule has 0 heterocycles. The highest BCUT2D eigenvalue weighted by Gasteiger charge is 2.36. The monoisotopic (exact) mass is 516 g/mol. The summed E-state index contributed by atoms with van der Waals surface area (Å²) in [6.07, 6.45) is 5.64. The van der Waals surface area contributed by atoms with Crippen LogP contribution in [0, 0.1) is 10.1 Å². The van der Waals surface area contributed by atoms with Gasteiger partial charge in [-0.2, -0.15) is 0 Å². The van der Waals surface area contributed by atoms with E-state index in [4.69, 9.17) is 0 Å². The van der Waals surface area contributed by atoms with Crippen molar-refractivity contribution in [1.82, 2.24) is 15.5 Å². The Hall–Kier alpha value is -3.78. The Morgan fingerprint density at radius 3 is 2.39 bits per heavy atom. The number of nitrogens with zero attached hydrogens (tertiary/aromatic N) is 2. The van der Waals surface area contributed by atoms with Gasteiger partial charge in [0.15, 0.2) is 0 Å². The van der Waals surface area contributed by atoms with E-state index in [0.717, 1.165) is 37.7 Å². The van der Waals surface area contributed by atoms with E-state index in [2.05, 4.69) is 29.6 Å². The first-order chi connectivity index (χ1) is 18.3. The molecule has 38 heavy (non-hydrogen) atoms. The molecule has 0 bridgehead atoms. The van der Waals surface area contributed by atoms with Crippen molar-refractivity contribution in [3.05, 3.63) is 76.3 Å². The van der Waals surface area contributed by atoms with Crippen LogP contribution in [0.2, 0.25) is 0 Å². The molecule has 0 saturated heterocycles. The average Bonchev–Trinajstić information content (AvgIpc) is 3.41. The molecular weight excluding hydrogens is 480 g/mol. The quantitative estimate of drug-likeness (QED) is 0.281. The second-order valence-corrected chi connectivity index (χ2v) is 10.4. The van der Waals surface area contributed by atoms with Crippen molar-refractivity contribution in [2.24, 2.45) is 0 Å². The number of hydrogen-bond donors (Lipinski definition) is 2. The van der Waals surface area contributed by atoms with Gasteiger partial charge in [0.1, 0.15) is 6.04 Å². The molecule has 0 aromatic heterocycles. The van der Waals surface area contributed by atoms with Crippen molar-refractivity contribution in [2.45, 2.75) is 57.0 Å². The number of fused-ring (bicyclic) bond motifs is 1. The number of benzene rings is 3. The number of carbonyl (C=O) groups excluding carboxylic acids is 2. The fourth-order valence-corrected chi connectivity index (χ4v) is 5.49. The molecule has 2 N–H and O–H groups in total. The van der Waals surface area contributed by atoms with Gasteiger partial charge in [-0.1, -0.05) is 62.6 Å². The van der Waals surface area contributed by atoms with Crippen LogP contribution in [0.1, 0.15) is 55.8 Å². The summed E-state index contributed by atoms with van der Waals surface area (Å²) in [6.45, 7) is 2.53. The summed E-state index contributed by atoms with van der Waals surface area (Å²) in [7, 11) is 4.10. The molecule has 0 unspecified atom stereocenters. The lowest BCUT2D eigenvalue weighted by Crippen LogP contribution is -2.54. The van der Waals surface area contributed by atoms with Crippen LogP contribution in [0.4, 0.5) is 5.69 Å². The molecule has 3 aromatic rings. The molecule has 0 aliphatic heterocycles. The molecule has 8 nitrogen and oxygen atoms in total. The summed E-state index contributed by atoms with van der Waals surface area (Å²) in [6, 6.07) is 16.9. The zero-order chi connectivity index (χ0) is 27.3. The van der Waals surface area contributed by atoms with Crippen molar-refractivity contribution in [1.29, 1.82) is 0 Å². The zero-order valence-corrected chi connectivity index (χ0v) is 22.3. The molecule has 1 atom stereocenters. The lowest BCUT2D eigenvalue weighted by Gasteiger charge is -2.37. The molecule has 0 spiro atoms. The van der Waals surface area contributed by atoms with Gasteiger partial charge in [0.2, 0.25) is 5.91 Å². The SMILES string of the molecule is CCC[C@H](NC(=O)c1ccc2c([N+](=O)[O-])c(-c3ccccc3)ccc2c1)C(=O)NCC1(N(C)C)CCCC1. The predicted octanol–water partition coefficient (Wildman–Crippen LogP) is 5.30. The Morgan fingerprint density at radius 1 is 1.05 bits per heavy atom. The lowest BCUT2D eigenvalue weighted by molar-refractivity contribution is -0.382. The second-order valence-electron chi connectivity index (χ2n) is 10.4. The standard InChI is InChI=1S/C30H36N4O4/c1-4-10-26(29(36)31-20-30(33(2)3)17-8-9-18-30)32-28(35)23-14-16-25-22(19-23)13-15-24(27(25)34(37)38)21-11-6-5-7-12-21/h5-7,11-16,19,26H,4,8-10,17-18,20H2,1-3H3,(H,31,36)(H,32,35)/t26-/m0/s1. The van der Waals surface area contributed by atoms with E-state index in [1.54, 1.807) is 30.3 Å². The number of rotatable bonds is 10. The van der Waals surface area contributed by atoms with Crippen molar-refractivity contribution in [3.63, 3.8) is 0 Å². The highest BCUT2D eigenvalue weighted by molar-refractivity contribution is 6.04. The Morgan fingerprint density at radius 2 is 1.76 bits per heavy atom. The average molecular weight is 517 g/mol. The molecule has 1 aliphatic carbocycles. The smallest absolute Gasteiger partial charge is 0.284 e. The number of carbonyl (C=O) groups is 2. The fourth-order valence-electron chi connectivity index (χ4n) is 5.49. The van der Waals surface area contributed by atoms with Crippen LogP contribution in [0.25, 0.3) is 21.9 Å². The molecule has 0 radical (unpaired) electrons. The van der Waals surface area contributed by atoms with E-state index in [9.17, 15) is 19.7 Å². The number of nitrogens with one attached hydrogen (secondary N) is 2. The summed E-state index contributed by atoms with van der Waals surface area (Å²) in [4.78, 5) is 40.1. The van der Waals surface area contributed by atoms with Crippen LogP contribution in [-0.2, 0) is 4.79 Å². The third kappa shape index (κ3) is 5.70. The van der Waals surface area contributed by atoms with E-state index in [0.29, 0.717) is 34.9 Å². The van der Waals surface area contributed by atoms with Gasteiger partial charge in [0, 0.05) is 17.6 Å². The van der Waals surface area contributed by atoms with E-state index in [1.165, 1.54) is 0 Å². The van der Waals surface area contributed by atoms with Crippen molar-refractivity contribution in [2.75, 3.05) is 20.6 Å². The van der Waals surface area contributed by atoms with Gasteiger partial charge in [-0.15, -0.1) is 0 Å². The summed E-state index contributed by atoms with van der Waals surface area (Å²) < 4.78 is 0. The first-order valence-electron chi connectivity index (χ1n) is 13.3. The Bertz CT molecular complexity index is 1320. The maximum atomic E-state index is 13.2. The summed E-state index contributed by atoms with van der Waals surface area (Å²) in [5.41, 5.74) is 1.60. The molecule has 2 amide bonds. The summed E-state index contributed by atoms with van der Waals surface area (Å²) >= 11 is 0. The first-order valence-corrected chi connectivity index (χ1v) is 13.3. The lowest BCUT2D eigenvalue weighted by atomic mass is 9.95. The van der Waals surface area contributed by atoms with Crippen molar-refractivity contribution >= 4 is 28.3 Å². The van der Waals surface area contributed by atoms with Crippen LogP contribution in [0.5, 0.6) is 0 Å². The highest BCUT2D eigenvalue weighted by Crippen LogP contribution is 2.37. The fraction of sp³-hybridized carbons (Fsp3) is 0.400. The number of hydrogen-bond acceptors (Lipinski definition) is 5. The number of amides is 2. The maximum absolute atomic E-state index is 13.2. The zero-order valence-electron chi connectivity index (χ0n) is 22.3. The third-order valence-corrected chi connectivity index (χ3v) is 7.79. The van der Waals surface area contributed by atoms with Gasteiger partial charge in [-0.25, -0.2) is 0 Å². The summed E-state index contributed by atoms with van der Waals surface area (Å²) in [5, 5.41) is 19.1. The van der Waals surface area contributed by atoms with Gasteiger partial charge in [-0.05, 0) is 68.6 Å². The molecule has 1 saturated carbocycles. The van der Waals surface area contributed by atoms with E-state index >= 15 is 0 Å². The second kappa shape index (κ2) is 11.7. The van der Waals surface area contributed by atoms with Crippen LogP contribution < -0.4 is 10.6 Å². The van der Waals surface area contributed by atoms with Crippen LogP contribution in [0.3, 0.4) is 0 Å². The molecule has 1 aliphatic rings. The maximum Gasteiger partial charge on any atom is 0.284 e. The minimum absolute atomic E-state index is 0.00521. The number of nitro benzene ring substituents is 1. The van der Waals surface area contributed by atoms with Gasteiger partial charge in [0.05, 0.1) is 15.9 Å².